The molecule has 0 aromatic heterocycles. The second kappa shape index (κ2) is 14.4. The fourth-order valence-corrected chi connectivity index (χ4v) is 7.33. The van der Waals surface area contributed by atoms with Gasteiger partial charge in [-0.25, -0.2) is 13.2 Å². The zero-order valence-corrected chi connectivity index (χ0v) is 28.1. The summed E-state index contributed by atoms with van der Waals surface area (Å²) in [5.74, 6) is -0.743. The van der Waals surface area contributed by atoms with Crippen LogP contribution in [-0.4, -0.2) is 46.0 Å². The SMILES string of the molecule is CNc1ccc(S(=O)(=O)c2ccc(CCC(OC(N)=O)([C@H](OC3CCCCO3)c3cccc(Cl)c3)C(C)(C)C)cc2)cc1C(N)=O. The van der Waals surface area contributed by atoms with E-state index in [2.05, 4.69) is 5.32 Å². The van der Waals surface area contributed by atoms with Crippen LogP contribution in [-0.2, 0) is 30.5 Å². The Labute approximate surface area is 275 Å². The van der Waals surface area contributed by atoms with Crippen LogP contribution in [0.15, 0.2) is 76.5 Å². The molecule has 0 saturated carbocycles. The number of hydrogen-bond acceptors (Lipinski definition) is 8. The molecular formula is C34H42ClN3O7S. The van der Waals surface area contributed by atoms with Gasteiger partial charge >= 0.3 is 6.09 Å². The lowest BCUT2D eigenvalue weighted by Gasteiger charge is -2.49. The fraction of sp³-hybridized carbons (Fsp3) is 0.412. The van der Waals surface area contributed by atoms with Gasteiger partial charge in [-0.1, -0.05) is 56.6 Å². The average Bonchev–Trinajstić information content (AvgIpc) is 3.01. The van der Waals surface area contributed by atoms with Crippen molar-refractivity contribution < 1.29 is 32.2 Å². The van der Waals surface area contributed by atoms with Crippen molar-refractivity contribution in [1.82, 2.24) is 0 Å². The Morgan fingerprint density at radius 2 is 1.72 bits per heavy atom. The molecule has 1 saturated heterocycles. The van der Waals surface area contributed by atoms with Crippen molar-refractivity contribution in [1.29, 1.82) is 0 Å². The maximum Gasteiger partial charge on any atom is 0.405 e. The minimum Gasteiger partial charge on any atom is -0.439 e. The largest absolute Gasteiger partial charge is 0.439 e. The predicted octanol–water partition coefficient (Wildman–Crippen LogP) is 6.41. The quantitative estimate of drug-likeness (QED) is 0.199. The van der Waals surface area contributed by atoms with Gasteiger partial charge in [0.1, 0.15) is 11.7 Å². The molecule has 1 heterocycles. The third-order valence-electron chi connectivity index (χ3n) is 8.41. The van der Waals surface area contributed by atoms with Gasteiger partial charge < -0.3 is 31.0 Å². The molecule has 3 atom stereocenters. The summed E-state index contributed by atoms with van der Waals surface area (Å²) in [4.78, 5) is 24.5. The van der Waals surface area contributed by atoms with Crippen LogP contribution < -0.4 is 16.8 Å². The summed E-state index contributed by atoms with van der Waals surface area (Å²) < 4.78 is 45.6. The Kier molecular flexibility index (Phi) is 11.0. The van der Waals surface area contributed by atoms with E-state index >= 15 is 0 Å². The normalized spacial score (nSPS) is 17.5. The highest BCUT2D eigenvalue weighted by molar-refractivity contribution is 7.91. The molecule has 1 aliphatic heterocycles. The van der Waals surface area contributed by atoms with Gasteiger partial charge in [0.15, 0.2) is 6.29 Å². The van der Waals surface area contributed by atoms with Crippen LogP contribution in [0.4, 0.5) is 10.5 Å². The molecule has 0 aliphatic carbocycles. The number of primary amides is 2. The number of halogens is 1. The van der Waals surface area contributed by atoms with Gasteiger partial charge in [-0.3, -0.25) is 4.79 Å². The van der Waals surface area contributed by atoms with Crippen molar-refractivity contribution in [3.63, 3.8) is 0 Å². The molecule has 12 heteroatoms. The standard InChI is InChI=1S/C34H42ClN3O7S/c1-33(2,3)34(45-32(37)40,30(23-8-7-9-24(35)20-23)44-29-10-5-6-19-43-29)18-17-22-11-13-25(14-12-22)46(41,42)26-15-16-28(38-4)27(21-26)31(36)39/h7-9,11-16,20-21,29-30,38H,5-6,10,17-19H2,1-4H3,(H2,36,39)(H2,37,40)/t29?,30-,34?/m1/s1. The summed E-state index contributed by atoms with van der Waals surface area (Å²) in [6, 6.07) is 17.9. The highest BCUT2D eigenvalue weighted by Crippen LogP contribution is 2.49. The van der Waals surface area contributed by atoms with E-state index in [-0.39, 0.29) is 21.8 Å². The monoisotopic (exact) mass is 671 g/mol. The Morgan fingerprint density at radius 1 is 1.02 bits per heavy atom. The van der Waals surface area contributed by atoms with Gasteiger partial charge in [0.05, 0.1) is 15.4 Å². The third-order valence-corrected chi connectivity index (χ3v) is 10.4. The molecule has 46 heavy (non-hydrogen) atoms. The summed E-state index contributed by atoms with van der Waals surface area (Å²) in [5, 5.41) is 3.34. The van der Waals surface area contributed by atoms with E-state index in [1.165, 1.54) is 30.3 Å². The van der Waals surface area contributed by atoms with Crippen LogP contribution in [0.3, 0.4) is 0 Å². The molecule has 0 spiro atoms. The summed E-state index contributed by atoms with van der Waals surface area (Å²) in [7, 11) is -2.34. The van der Waals surface area contributed by atoms with Crippen molar-refractivity contribution in [2.45, 2.75) is 80.7 Å². The number of rotatable bonds is 12. The van der Waals surface area contributed by atoms with Gasteiger partial charge in [0.2, 0.25) is 9.84 Å². The molecule has 3 aromatic carbocycles. The summed E-state index contributed by atoms with van der Waals surface area (Å²) >= 11 is 6.42. The van der Waals surface area contributed by atoms with Gasteiger partial charge in [-0.05, 0) is 85.7 Å². The first-order chi connectivity index (χ1) is 21.7. The van der Waals surface area contributed by atoms with E-state index in [4.69, 9.17) is 37.3 Å². The Balaban J connectivity index is 1.69. The number of ether oxygens (including phenoxy) is 3. The molecule has 4 rings (SSSR count). The average molecular weight is 672 g/mol. The Morgan fingerprint density at radius 3 is 2.28 bits per heavy atom. The first-order valence-corrected chi connectivity index (χ1v) is 17.0. The second-order valence-electron chi connectivity index (χ2n) is 12.4. The van der Waals surface area contributed by atoms with Crippen molar-refractivity contribution in [3.05, 3.63) is 88.4 Å². The molecule has 10 nitrogen and oxygen atoms in total. The van der Waals surface area contributed by atoms with Crippen molar-refractivity contribution in [2.75, 3.05) is 19.0 Å². The highest BCUT2D eigenvalue weighted by Gasteiger charge is 2.53. The molecule has 0 bridgehead atoms. The number of sulfone groups is 1. The topological polar surface area (TPSA) is 160 Å². The zero-order chi connectivity index (χ0) is 33.7. The van der Waals surface area contributed by atoms with E-state index in [1.807, 2.05) is 32.9 Å². The van der Waals surface area contributed by atoms with Gasteiger partial charge in [0.25, 0.3) is 5.91 Å². The van der Waals surface area contributed by atoms with E-state index in [1.54, 1.807) is 31.3 Å². The maximum atomic E-state index is 13.5. The molecule has 1 fully saturated rings. The summed E-state index contributed by atoms with van der Waals surface area (Å²) in [6.07, 6.45) is 0.967. The first kappa shape index (κ1) is 35.2. The minimum absolute atomic E-state index is 0.0499. The lowest BCUT2D eigenvalue weighted by atomic mass is 9.68. The van der Waals surface area contributed by atoms with Gasteiger partial charge in [-0.15, -0.1) is 0 Å². The predicted molar refractivity (Wildman–Crippen MR) is 176 cm³/mol. The van der Waals surface area contributed by atoms with Crippen LogP contribution in [0.2, 0.25) is 5.02 Å². The number of nitrogens with one attached hydrogen (secondary N) is 1. The Hall–Kier alpha value is -3.64. The van der Waals surface area contributed by atoms with Crippen LogP contribution in [0, 0.1) is 5.41 Å². The van der Waals surface area contributed by atoms with E-state index in [0.717, 1.165) is 18.4 Å². The number of anilines is 1. The molecule has 2 unspecified atom stereocenters. The number of amides is 2. The number of carbonyl (C=O) groups is 2. The molecule has 5 N–H and O–H groups in total. The fourth-order valence-electron chi connectivity index (χ4n) is 5.85. The zero-order valence-electron chi connectivity index (χ0n) is 26.5. The molecule has 3 aromatic rings. The molecule has 2 amide bonds. The Bertz CT molecular complexity index is 1650. The lowest BCUT2D eigenvalue weighted by molar-refractivity contribution is -0.251. The number of carbonyl (C=O) groups excluding carboxylic acids is 2. The van der Waals surface area contributed by atoms with Crippen LogP contribution >= 0.6 is 11.6 Å². The van der Waals surface area contributed by atoms with Crippen LogP contribution in [0.25, 0.3) is 0 Å². The third kappa shape index (κ3) is 7.83. The second-order valence-corrected chi connectivity index (χ2v) is 14.8. The maximum absolute atomic E-state index is 13.5. The number of nitrogens with two attached hydrogens (primary N) is 2. The smallest absolute Gasteiger partial charge is 0.405 e. The summed E-state index contributed by atoms with van der Waals surface area (Å²) in [5.41, 5.74) is 11.2. The lowest BCUT2D eigenvalue weighted by Crippen LogP contribution is -2.54. The van der Waals surface area contributed by atoms with Gasteiger partial charge in [0, 0.05) is 29.8 Å². The molecule has 0 radical (unpaired) electrons. The van der Waals surface area contributed by atoms with E-state index in [9.17, 15) is 18.0 Å². The van der Waals surface area contributed by atoms with Crippen LogP contribution in [0.5, 0.6) is 0 Å². The van der Waals surface area contributed by atoms with Crippen LogP contribution in [0.1, 0.15) is 74.0 Å². The molecule has 248 valence electrons. The van der Waals surface area contributed by atoms with E-state index < -0.39 is 45.2 Å². The highest BCUT2D eigenvalue weighted by atomic mass is 35.5. The summed E-state index contributed by atoms with van der Waals surface area (Å²) in [6.45, 7) is 6.42. The van der Waals surface area contributed by atoms with Crippen molar-refractivity contribution in [3.8, 4) is 0 Å². The number of benzene rings is 3. The minimum atomic E-state index is -3.96. The molecular weight excluding hydrogens is 630 g/mol. The first-order valence-electron chi connectivity index (χ1n) is 15.1. The number of aryl methyl sites for hydroxylation is 1. The number of hydrogen-bond donors (Lipinski definition) is 3. The van der Waals surface area contributed by atoms with Gasteiger partial charge in [-0.2, -0.15) is 0 Å². The van der Waals surface area contributed by atoms with Crippen molar-refractivity contribution in [2.24, 2.45) is 16.9 Å². The van der Waals surface area contributed by atoms with E-state index in [0.29, 0.717) is 35.7 Å². The van der Waals surface area contributed by atoms with Crippen molar-refractivity contribution >= 4 is 39.1 Å². The molecule has 1 aliphatic rings.